The van der Waals surface area contributed by atoms with Gasteiger partial charge in [0.05, 0.1) is 11.8 Å². The molecule has 5 heteroatoms. The van der Waals surface area contributed by atoms with Gasteiger partial charge in [0.15, 0.2) is 0 Å². The number of benzene rings is 1. The van der Waals surface area contributed by atoms with Crippen LogP contribution in [-0.4, -0.2) is 24.8 Å². The second-order valence-electron chi connectivity index (χ2n) is 6.13. The molecule has 24 heavy (non-hydrogen) atoms. The van der Waals surface area contributed by atoms with Gasteiger partial charge in [-0.1, -0.05) is 19.3 Å². The first-order valence-corrected chi connectivity index (χ1v) is 8.39. The van der Waals surface area contributed by atoms with Crippen molar-refractivity contribution in [3.8, 4) is 0 Å². The standard InChI is InChI=1S/C19H23N3O2/c1-21-19(15-11-12-24-13-15)22(16-5-3-2-4-6-16)17-9-7-14(8-10-17)18(20)23/h7-13,16H,2-6H2,1H3,(H2,20,23). The quantitative estimate of drug-likeness (QED) is 0.689. The van der Waals surface area contributed by atoms with Crippen molar-refractivity contribution in [2.45, 2.75) is 38.1 Å². The summed E-state index contributed by atoms with van der Waals surface area (Å²) >= 11 is 0. The first-order valence-electron chi connectivity index (χ1n) is 8.39. The lowest BCUT2D eigenvalue weighted by atomic mass is 9.93. The highest BCUT2D eigenvalue weighted by Crippen LogP contribution is 2.29. The van der Waals surface area contributed by atoms with E-state index < -0.39 is 5.91 Å². The van der Waals surface area contributed by atoms with E-state index in [2.05, 4.69) is 9.89 Å². The largest absolute Gasteiger partial charge is 0.472 e. The average molecular weight is 325 g/mol. The molecule has 5 nitrogen and oxygen atoms in total. The van der Waals surface area contributed by atoms with Crippen LogP contribution in [0, 0.1) is 0 Å². The predicted octanol–water partition coefficient (Wildman–Crippen LogP) is 3.59. The van der Waals surface area contributed by atoms with E-state index in [0.717, 1.165) is 29.9 Å². The minimum Gasteiger partial charge on any atom is -0.472 e. The van der Waals surface area contributed by atoms with Crippen LogP contribution in [0.3, 0.4) is 0 Å². The molecule has 0 radical (unpaired) electrons. The fourth-order valence-corrected chi connectivity index (χ4v) is 3.40. The molecular weight excluding hydrogens is 302 g/mol. The smallest absolute Gasteiger partial charge is 0.248 e. The third kappa shape index (κ3) is 3.35. The van der Waals surface area contributed by atoms with Crippen molar-refractivity contribution in [1.82, 2.24) is 0 Å². The maximum absolute atomic E-state index is 11.3. The number of rotatable bonds is 4. The Bertz CT molecular complexity index is 699. The summed E-state index contributed by atoms with van der Waals surface area (Å²) in [6.45, 7) is 0. The van der Waals surface area contributed by atoms with Crippen LogP contribution >= 0.6 is 0 Å². The molecule has 0 unspecified atom stereocenters. The lowest BCUT2D eigenvalue weighted by molar-refractivity contribution is 0.100. The molecule has 3 rings (SSSR count). The summed E-state index contributed by atoms with van der Waals surface area (Å²) in [5.41, 5.74) is 7.85. The van der Waals surface area contributed by atoms with Crippen molar-refractivity contribution in [3.63, 3.8) is 0 Å². The van der Waals surface area contributed by atoms with Gasteiger partial charge in [0, 0.05) is 24.3 Å². The van der Waals surface area contributed by atoms with E-state index in [4.69, 9.17) is 10.2 Å². The fraction of sp³-hybridized carbons (Fsp3) is 0.368. The normalized spacial score (nSPS) is 16.1. The molecule has 1 aromatic carbocycles. The Morgan fingerprint density at radius 1 is 1.12 bits per heavy atom. The van der Waals surface area contributed by atoms with Gasteiger partial charge < -0.3 is 15.1 Å². The number of amides is 1. The lowest BCUT2D eigenvalue weighted by Gasteiger charge is -2.36. The van der Waals surface area contributed by atoms with Crippen LogP contribution in [0.2, 0.25) is 0 Å². The average Bonchev–Trinajstić information content (AvgIpc) is 3.14. The molecule has 0 atom stereocenters. The van der Waals surface area contributed by atoms with Crippen molar-refractivity contribution in [2.24, 2.45) is 10.7 Å². The first kappa shape index (κ1) is 16.3. The molecule has 2 aromatic rings. The van der Waals surface area contributed by atoms with E-state index in [0.29, 0.717) is 11.6 Å². The maximum Gasteiger partial charge on any atom is 0.248 e. The molecule has 2 N–H and O–H groups in total. The predicted molar refractivity (Wildman–Crippen MR) is 95.5 cm³/mol. The van der Waals surface area contributed by atoms with Gasteiger partial charge in [-0.05, 0) is 43.2 Å². The van der Waals surface area contributed by atoms with Gasteiger partial charge in [-0.2, -0.15) is 0 Å². The van der Waals surface area contributed by atoms with Crippen molar-refractivity contribution in [2.75, 3.05) is 11.9 Å². The van der Waals surface area contributed by atoms with Gasteiger partial charge in [-0.25, -0.2) is 0 Å². The van der Waals surface area contributed by atoms with Crippen LogP contribution in [0.25, 0.3) is 0 Å². The number of anilines is 1. The molecule has 0 bridgehead atoms. The Morgan fingerprint density at radius 3 is 2.38 bits per heavy atom. The van der Waals surface area contributed by atoms with Crippen molar-refractivity contribution in [3.05, 3.63) is 54.0 Å². The van der Waals surface area contributed by atoms with Crippen LogP contribution < -0.4 is 10.6 Å². The third-order valence-electron chi connectivity index (χ3n) is 4.59. The SMILES string of the molecule is CN=C(c1ccoc1)N(c1ccc(C(N)=O)cc1)C1CCCCC1. The number of primary amides is 1. The Kier molecular flexibility index (Phi) is 4.99. The number of furan rings is 1. The monoisotopic (exact) mass is 325 g/mol. The van der Waals surface area contributed by atoms with E-state index in [1.54, 1.807) is 31.7 Å². The van der Waals surface area contributed by atoms with E-state index in [1.165, 1.54) is 19.3 Å². The summed E-state index contributed by atoms with van der Waals surface area (Å²) in [6.07, 6.45) is 9.38. The minimum atomic E-state index is -0.412. The molecule has 0 spiro atoms. The molecule has 0 saturated heterocycles. The summed E-state index contributed by atoms with van der Waals surface area (Å²) in [4.78, 5) is 18.1. The summed E-state index contributed by atoms with van der Waals surface area (Å²) in [5.74, 6) is 0.479. The molecule has 126 valence electrons. The number of hydrogen-bond donors (Lipinski definition) is 1. The second-order valence-corrected chi connectivity index (χ2v) is 6.13. The Balaban J connectivity index is 1.99. The zero-order valence-corrected chi connectivity index (χ0v) is 13.9. The number of nitrogens with zero attached hydrogens (tertiary/aromatic N) is 2. The van der Waals surface area contributed by atoms with Gasteiger partial charge in [0.1, 0.15) is 12.1 Å². The van der Waals surface area contributed by atoms with Crippen LogP contribution in [-0.2, 0) is 0 Å². The number of nitrogens with two attached hydrogens (primary N) is 1. The van der Waals surface area contributed by atoms with Gasteiger partial charge in [-0.3, -0.25) is 9.79 Å². The molecule has 1 amide bonds. The molecule has 1 heterocycles. The van der Waals surface area contributed by atoms with Crippen LogP contribution in [0.5, 0.6) is 0 Å². The highest BCUT2D eigenvalue weighted by Gasteiger charge is 2.26. The topological polar surface area (TPSA) is 71.8 Å². The first-order chi connectivity index (χ1) is 11.7. The minimum absolute atomic E-state index is 0.395. The Morgan fingerprint density at radius 2 is 1.83 bits per heavy atom. The molecule has 1 aliphatic rings. The van der Waals surface area contributed by atoms with Crippen LogP contribution in [0.1, 0.15) is 48.0 Å². The molecule has 0 aliphatic heterocycles. The van der Waals surface area contributed by atoms with E-state index in [9.17, 15) is 4.79 Å². The lowest BCUT2D eigenvalue weighted by Crippen LogP contribution is -2.42. The van der Waals surface area contributed by atoms with Crippen LogP contribution in [0.4, 0.5) is 5.69 Å². The Hall–Kier alpha value is -2.56. The van der Waals surface area contributed by atoms with Gasteiger partial charge in [-0.15, -0.1) is 0 Å². The molecule has 1 aliphatic carbocycles. The Labute approximate surface area is 142 Å². The zero-order valence-electron chi connectivity index (χ0n) is 13.9. The summed E-state index contributed by atoms with van der Waals surface area (Å²) in [7, 11) is 1.80. The summed E-state index contributed by atoms with van der Waals surface area (Å²) < 4.78 is 5.25. The fourth-order valence-electron chi connectivity index (χ4n) is 3.40. The van der Waals surface area contributed by atoms with Crippen molar-refractivity contribution < 1.29 is 9.21 Å². The molecule has 1 saturated carbocycles. The van der Waals surface area contributed by atoms with E-state index >= 15 is 0 Å². The van der Waals surface area contributed by atoms with Gasteiger partial charge in [0.25, 0.3) is 0 Å². The highest BCUT2D eigenvalue weighted by atomic mass is 16.3. The van der Waals surface area contributed by atoms with Crippen molar-refractivity contribution >= 4 is 17.4 Å². The summed E-state index contributed by atoms with van der Waals surface area (Å²) in [6, 6.07) is 9.76. The van der Waals surface area contributed by atoms with E-state index in [1.807, 2.05) is 18.2 Å². The number of hydrogen-bond acceptors (Lipinski definition) is 3. The van der Waals surface area contributed by atoms with Crippen molar-refractivity contribution in [1.29, 1.82) is 0 Å². The highest BCUT2D eigenvalue weighted by molar-refractivity contribution is 6.10. The molecule has 1 fully saturated rings. The second kappa shape index (κ2) is 7.34. The summed E-state index contributed by atoms with van der Waals surface area (Å²) in [5, 5.41) is 0. The van der Waals surface area contributed by atoms with Crippen LogP contribution in [0.15, 0.2) is 52.3 Å². The van der Waals surface area contributed by atoms with Gasteiger partial charge >= 0.3 is 0 Å². The molecular formula is C19H23N3O2. The van der Waals surface area contributed by atoms with E-state index in [-0.39, 0.29) is 0 Å². The maximum atomic E-state index is 11.3. The number of aliphatic imine (C=N–C) groups is 1. The number of carbonyl (C=O) groups is 1. The number of amidine groups is 1. The molecule has 1 aromatic heterocycles. The number of carbonyl (C=O) groups excluding carboxylic acids is 1. The van der Waals surface area contributed by atoms with Gasteiger partial charge in [0.2, 0.25) is 5.91 Å². The third-order valence-corrected chi connectivity index (χ3v) is 4.59. The zero-order chi connectivity index (χ0) is 16.9.